The minimum Gasteiger partial charge on any atom is -0.460 e. The van der Waals surface area contributed by atoms with Crippen LogP contribution in [0.5, 0.6) is 0 Å². The Morgan fingerprint density at radius 3 is 2.45 bits per heavy atom. The van der Waals surface area contributed by atoms with Crippen molar-refractivity contribution in [3.05, 3.63) is 87.2 Å². The van der Waals surface area contributed by atoms with Crippen molar-refractivity contribution in [1.29, 1.82) is 0 Å². The first-order valence-corrected chi connectivity index (χ1v) is 9.64. The Hall–Kier alpha value is -4.33. The van der Waals surface area contributed by atoms with E-state index < -0.39 is 16.7 Å². The molecule has 31 heavy (non-hydrogen) atoms. The highest BCUT2D eigenvalue weighted by Crippen LogP contribution is 2.35. The Bertz CT molecular complexity index is 1430. The smallest absolute Gasteiger partial charge is 0.282 e. The molecule has 152 valence electrons. The van der Waals surface area contributed by atoms with Crippen LogP contribution in [-0.2, 0) is 6.42 Å². The molecule has 8 heteroatoms. The molecular formula is C23H15N3O5. The maximum atomic E-state index is 13.1. The van der Waals surface area contributed by atoms with E-state index >= 15 is 0 Å². The van der Waals surface area contributed by atoms with E-state index in [1.165, 1.54) is 30.5 Å². The lowest BCUT2D eigenvalue weighted by Crippen LogP contribution is -2.36. The van der Waals surface area contributed by atoms with Crippen molar-refractivity contribution in [2.24, 2.45) is 5.10 Å². The zero-order valence-corrected chi connectivity index (χ0v) is 16.4. The molecule has 0 bridgehead atoms. The molecule has 3 aromatic carbocycles. The number of amides is 2. The average molecular weight is 413 g/mol. The zero-order valence-electron chi connectivity index (χ0n) is 16.4. The predicted molar refractivity (Wildman–Crippen MR) is 114 cm³/mol. The largest absolute Gasteiger partial charge is 0.460 e. The molecule has 5 rings (SSSR count). The summed E-state index contributed by atoms with van der Waals surface area (Å²) in [6.07, 6.45) is 2.07. The molecule has 0 N–H and O–H groups in total. The number of aryl methyl sites for hydroxylation is 1. The van der Waals surface area contributed by atoms with Gasteiger partial charge in [0.1, 0.15) is 11.3 Å². The lowest BCUT2D eigenvalue weighted by atomic mass is 9.94. The van der Waals surface area contributed by atoms with Gasteiger partial charge >= 0.3 is 0 Å². The first-order chi connectivity index (χ1) is 15.0. The molecule has 1 aliphatic rings. The zero-order chi connectivity index (χ0) is 21.7. The van der Waals surface area contributed by atoms with Crippen LogP contribution in [0.4, 0.5) is 5.69 Å². The highest BCUT2D eigenvalue weighted by Gasteiger charge is 2.34. The summed E-state index contributed by atoms with van der Waals surface area (Å²) in [7, 11) is 0. The molecule has 4 aromatic rings. The second-order valence-electron chi connectivity index (χ2n) is 7.07. The summed E-state index contributed by atoms with van der Waals surface area (Å²) < 4.78 is 5.84. The van der Waals surface area contributed by atoms with Crippen molar-refractivity contribution in [2.75, 3.05) is 0 Å². The molecule has 2 heterocycles. The third kappa shape index (κ3) is 2.72. The number of carbonyl (C=O) groups excluding carboxylic acids is 2. The van der Waals surface area contributed by atoms with Gasteiger partial charge in [-0.2, -0.15) is 10.1 Å². The van der Waals surface area contributed by atoms with Crippen LogP contribution in [0.2, 0.25) is 0 Å². The summed E-state index contributed by atoms with van der Waals surface area (Å²) in [6, 6.07) is 14.7. The van der Waals surface area contributed by atoms with Gasteiger partial charge in [0.25, 0.3) is 17.5 Å². The van der Waals surface area contributed by atoms with E-state index in [0.29, 0.717) is 23.3 Å². The lowest BCUT2D eigenvalue weighted by molar-refractivity contribution is -0.383. The Morgan fingerprint density at radius 1 is 1.00 bits per heavy atom. The topological polar surface area (TPSA) is 106 Å². The van der Waals surface area contributed by atoms with Crippen molar-refractivity contribution in [3.63, 3.8) is 0 Å². The normalized spacial score (nSPS) is 13.6. The summed E-state index contributed by atoms with van der Waals surface area (Å²) in [5.74, 6) is -0.573. The fraction of sp³-hybridized carbons (Fsp3) is 0.0870. The van der Waals surface area contributed by atoms with Gasteiger partial charge in [-0.25, -0.2) is 0 Å². The molecule has 0 radical (unpaired) electrons. The van der Waals surface area contributed by atoms with Crippen molar-refractivity contribution in [2.45, 2.75) is 13.3 Å². The number of nitro benzene ring substituents is 1. The Balaban J connectivity index is 1.63. The number of carbonyl (C=O) groups is 2. The van der Waals surface area contributed by atoms with Gasteiger partial charge in [-0.1, -0.05) is 31.2 Å². The van der Waals surface area contributed by atoms with E-state index in [0.717, 1.165) is 10.4 Å². The summed E-state index contributed by atoms with van der Waals surface area (Å²) in [4.78, 5) is 37.0. The van der Waals surface area contributed by atoms with Gasteiger partial charge in [-0.05, 0) is 24.3 Å². The monoisotopic (exact) mass is 413 g/mol. The van der Waals surface area contributed by atoms with Crippen LogP contribution in [0.15, 0.2) is 64.1 Å². The lowest BCUT2D eigenvalue weighted by Gasteiger charge is -2.22. The fourth-order valence-electron chi connectivity index (χ4n) is 3.97. The third-order valence-electron chi connectivity index (χ3n) is 5.39. The van der Waals surface area contributed by atoms with Crippen molar-refractivity contribution in [3.8, 4) is 0 Å². The van der Waals surface area contributed by atoms with Gasteiger partial charge in [0.2, 0.25) is 0 Å². The highest BCUT2D eigenvalue weighted by atomic mass is 16.6. The van der Waals surface area contributed by atoms with E-state index in [2.05, 4.69) is 5.10 Å². The number of non-ortho nitro benzene ring substituents is 1. The molecule has 0 unspecified atom stereocenters. The molecule has 8 nitrogen and oxygen atoms in total. The fourth-order valence-corrected chi connectivity index (χ4v) is 3.97. The number of rotatable bonds is 4. The first kappa shape index (κ1) is 18.7. The quantitative estimate of drug-likeness (QED) is 0.209. The number of benzene rings is 3. The van der Waals surface area contributed by atoms with Gasteiger partial charge in [-0.15, -0.1) is 0 Å². The summed E-state index contributed by atoms with van der Waals surface area (Å²) in [6.45, 7) is 1.94. The number of hydrogen-bond acceptors (Lipinski definition) is 6. The second-order valence-corrected chi connectivity index (χ2v) is 7.07. The molecule has 0 aliphatic carbocycles. The van der Waals surface area contributed by atoms with E-state index in [1.54, 1.807) is 6.07 Å². The van der Waals surface area contributed by atoms with Crippen molar-refractivity contribution in [1.82, 2.24) is 5.01 Å². The van der Waals surface area contributed by atoms with Crippen LogP contribution in [0.3, 0.4) is 0 Å². The van der Waals surface area contributed by atoms with Gasteiger partial charge in [0.05, 0.1) is 27.7 Å². The van der Waals surface area contributed by atoms with E-state index in [4.69, 9.17) is 4.42 Å². The van der Waals surface area contributed by atoms with Crippen molar-refractivity contribution >= 4 is 45.5 Å². The Labute approximate surface area is 175 Å². The highest BCUT2D eigenvalue weighted by molar-refractivity contribution is 6.26. The van der Waals surface area contributed by atoms with Gasteiger partial charge in [0, 0.05) is 28.8 Å². The standard InChI is InChI=1S/C23H15N3O5/c1-2-19-17(13-6-3-4-9-20(13)31-19)12-24-25-22(27)15-8-5-7-14-18(26(29)30)11-10-16(21(14)15)23(25)28/h3-12H,2H2,1H3. The number of fused-ring (bicyclic) bond motifs is 1. The summed E-state index contributed by atoms with van der Waals surface area (Å²) >= 11 is 0. The van der Waals surface area contributed by atoms with Crippen LogP contribution in [0, 0.1) is 10.1 Å². The van der Waals surface area contributed by atoms with Gasteiger partial charge in [-0.3, -0.25) is 19.7 Å². The Morgan fingerprint density at radius 2 is 1.71 bits per heavy atom. The van der Waals surface area contributed by atoms with Crippen molar-refractivity contribution < 1.29 is 18.9 Å². The Kier molecular flexibility index (Phi) is 4.14. The predicted octanol–water partition coefficient (Wildman–Crippen LogP) is 4.69. The van der Waals surface area contributed by atoms with Crippen LogP contribution >= 0.6 is 0 Å². The van der Waals surface area contributed by atoms with Gasteiger partial charge in [0.15, 0.2) is 0 Å². The number of furan rings is 1. The SMILES string of the molecule is CCc1oc2ccccc2c1C=NN1C(=O)c2cccc3c([N+](=O)[O-])ccc(c23)C1=O. The van der Waals surface area contributed by atoms with Crippen LogP contribution in [-0.4, -0.2) is 28.0 Å². The molecule has 1 aromatic heterocycles. The number of hydrazone groups is 1. The maximum absolute atomic E-state index is 13.1. The molecule has 0 saturated heterocycles. The summed E-state index contributed by atoms with van der Waals surface area (Å²) in [5, 5.41) is 17.7. The van der Waals surface area contributed by atoms with Crippen LogP contribution in [0.1, 0.15) is 39.0 Å². The number of nitrogens with zero attached hydrogens (tertiary/aromatic N) is 3. The number of para-hydroxylation sites is 1. The van der Waals surface area contributed by atoms with Crippen LogP contribution in [0.25, 0.3) is 21.7 Å². The molecule has 2 amide bonds. The number of hydrogen-bond donors (Lipinski definition) is 0. The minimum absolute atomic E-state index is 0.157. The third-order valence-corrected chi connectivity index (χ3v) is 5.39. The molecule has 1 aliphatic heterocycles. The average Bonchev–Trinajstić information content (AvgIpc) is 3.14. The molecular weight excluding hydrogens is 398 g/mol. The van der Waals surface area contributed by atoms with E-state index in [-0.39, 0.29) is 27.6 Å². The van der Waals surface area contributed by atoms with Crippen LogP contribution < -0.4 is 0 Å². The summed E-state index contributed by atoms with van der Waals surface area (Å²) in [5.41, 5.74) is 1.63. The van der Waals surface area contributed by atoms with E-state index in [9.17, 15) is 19.7 Å². The molecule has 0 saturated carbocycles. The second kappa shape index (κ2) is 6.88. The maximum Gasteiger partial charge on any atom is 0.282 e. The molecule has 0 fully saturated rings. The number of nitro groups is 1. The minimum atomic E-state index is -0.634. The molecule has 0 spiro atoms. The first-order valence-electron chi connectivity index (χ1n) is 9.64. The van der Waals surface area contributed by atoms with Gasteiger partial charge < -0.3 is 4.42 Å². The molecule has 0 atom stereocenters. The van der Waals surface area contributed by atoms with E-state index in [1.807, 2.05) is 31.2 Å². The number of imide groups is 1.